The highest BCUT2D eigenvalue weighted by Gasteiger charge is 2.14. The van der Waals surface area contributed by atoms with E-state index in [4.69, 9.17) is 4.42 Å². The van der Waals surface area contributed by atoms with Gasteiger partial charge in [0.05, 0.1) is 18.1 Å². The first-order valence-electron chi connectivity index (χ1n) is 7.19. The first kappa shape index (κ1) is 15.5. The molecule has 3 rings (SSSR count). The van der Waals surface area contributed by atoms with Gasteiger partial charge in [-0.25, -0.2) is 9.50 Å². The lowest BCUT2D eigenvalue weighted by Gasteiger charge is -2.10. The molecule has 3 aromatic rings. The van der Waals surface area contributed by atoms with Crippen molar-refractivity contribution in [3.8, 4) is 0 Å². The highest BCUT2D eigenvalue weighted by Crippen LogP contribution is 2.16. The van der Waals surface area contributed by atoms with Crippen molar-refractivity contribution in [1.29, 1.82) is 0 Å². The van der Waals surface area contributed by atoms with Crippen LogP contribution in [-0.2, 0) is 4.79 Å². The van der Waals surface area contributed by atoms with Crippen LogP contribution in [0.25, 0.3) is 5.78 Å². The minimum atomic E-state index is -0.168. The van der Waals surface area contributed by atoms with Gasteiger partial charge in [-0.1, -0.05) is 11.8 Å². The normalized spacial score (nSPS) is 12.5. The van der Waals surface area contributed by atoms with E-state index in [0.29, 0.717) is 10.9 Å². The van der Waals surface area contributed by atoms with Gasteiger partial charge in [0.25, 0.3) is 5.78 Å². The van der Waals surface area contributed by atoms with Crippen molar-refractivity contribution in [1.82, 2.24) is 24.9 Å². The zero-order chi connectivity index (χ0) is 16.4. The van der Waals surface area contributed by atoms with E-state index >= 15 is 0 Å². The second-order valence-electron chi connectivity index (χ2n) is 5.24. The quantitative estimate of drug-likeness (QED) is 0.722. The molecule has 3 heterocycles. The standard InChI is InChI=1S/C15H17N5O2S/c1-9-7-10(2)20-14(16-9)18-15(19-20)23-8-13(21)17-11(3)12-5-4-6-22-12/h4-7,11H,8H2,1-3H3,(H,17,21). The molecule has 1 atom stereocenters. The summed E-state index contributed by atoms with van der Waals surface area (Å²) in [6.45, 7) is 5.74. The molecule has 0 saturated heterocycles. The van der Waals surface area contributed by atoms with E-state index < -0.39 is 0 Å². The average molecular weight is 331 g/mol. The third-order valence-electron chi connectivity index (χ3n) is 3.28. The maximum atomic E-state index is 12.0. The lowest BCUT2D eigenvalue weighted by Crippen LogP contribution is -2.27. The molecule has 0 aliphatic rings. The Labute approximate surface area is 137 Å². The van der Waals surface area contributed by atoms with Crippen LogP contribution in [0.3, 0.4) is 0 Å². The minimum absolute atomic E-state index is 0.0985. The molecular weight excluding hydrogens is 314 g/mol. The van der Waals surface area contributed by atoms with Gasteiger partial charge in [-0.15, -0.1) is 5.10 Å². The van der Waals surface area contributed by atoms with Gasteiger partial charge < -0.3 is 9.73 Å². The van der Waals surface area contributed by atoms with Gasteiger partial charge in [0.1, 0.15) is 5.76 Å². The number of carbonyl (C=O) groups excluding carboxylic acids is 1. The number of nitrogens with zero attached hydrogens (tertiary/aromatic N) is 4. The van der Waals surface area contributed by atoms with Crippen molar-refractivity contribution in [2.45, 2.75) is 32.0 Å². The lowest BCUT2D eigenvalue weighted by molar-refractivity contribution is -0.119. The van der Waals surface area contributed by atoms with Crippen LogP contribution < -0.4 is 5.32 Å². The van der Waals surface area contributed by atoms with Crippen LogP contribution in [0.1, 0.15) is 30.1 Å². The number of amides is 1. The van der Waals surface area contributed by atoms with Crippen molar-refractivity contribution >= 4 is 23.4 Å². The number of rotatable bonds is 5. The summed E-state index contributed by atoms with van der Waals surface area (Å²) < 4.78 is 6.94. The summed E-state index contributed by atoms with van der Waals surface area (Å²) in [6, 6.07) is 5.40. The Morgan fingerprint density at radius 2 is 2.26 bits per heavy atom. The summed E-state index contributed by atoms with van der Waals surface area (Å²) in [5, 5.41) is 7.77. The van der Waals surface area contributed by atoms with Gasteiger partial charge in [0.15, 0.2) is 0 Å². The summed E-state index contributed by atoms with van der Waals surface area (Å²) in [7, 11) is 0. The van der Waals surface area contributed by atoms with Crippen LogP contribution in [0.5, 0.6) is 0 Å². The van der Waals surface area contributed by atoms with E-state index in [1.807, 2.05) is 32.9 Å². The number of nitrogens with one attached hydrogen (secondary N) is 1. The average Bonchev–Trinajstić information content (AvgIpc) is 3.14. The second-order valence-corrected chi connectivity index (χ2v) is 6.18. The monoisotopic (exact) mass is 331 g/mol. The number of furan rings is 1. The fourth-order valence-corrected chi connectivity index (χ4v) is 2.86. The largest absolute Gasteiger partial charge is 0.467 e. The van der Waals surface area contributed by atoms with E-state index in [9.17, 15) is 4.79 Å². The SMILES string of the molecule is Cc1cc(C)n2nc(SCC(=O)NC(C)c3ccco3)nc2n1. The predicted octanol–water partition coefficient (Wildman–Crippen LogP) is 2.30. The molecule has 8 heteroatoms. The maximum absolute atomic E-state index is 12.0. The molecular formula is C15H17N5O2S. The number of hydrogen-bond donors (Lipinski definition) is 1. The molecule has 0 radical (unpaired) electrons. The number of thioether (sulfide) groups is 1. The summed E-state index contributed by atoms with van der Waals surface area (Å²) in [5.41, 5.74) is 1.85. The van der Waals surface area contributed by atoms with Crippen LogP contribution in [0, 0.1) is 13.8 Å². The number of hydrogen-bond acceptors (Lipinski definition) is 6. The number of fused-ring (bicyclic) bond motifs is 1. The van der Waals surface area contributed by atoms with E-state index in [0.717, 1.165) is 17.1 Å². The Morgan fingerprint density at radius 3 is 3.00 bits per heavy atom. The van der Waals surface area contributed by atoms with Gasteiger partial charge in [-0.2, -0.15) is 4.98 Å². The molecule has 0 bridgehead atoms. The van der Waals surface area contributed by atoms with Gasteiger partial charge in [0.2, 0.25) is 11.1 Å². The molecule has 7 nitrogen and oxygen atoms in total. The minimum Gasteiger partial charge on any atom is -0.467 e. The van der Waals surface area contributed by atoms with Crippen LogP contribution in [0.2, 0.25) is 0 Å². The predicted molar refractivity (Wildman–Crippen MR) is 86.2 cm³/mol. The third-order valence-corrected chi connectivity index (χ3v) is 4.12. The van der Waals surface area contributed by atoms with Crippen LogP contribution >= 0.6 is 11.8 Å². The van der Waals surface area contributed by atoms with Crippen molar-refractivity contribution in [2.75, 3.05) is 5.75 Å². The molecule has 0 saturated carbocycles. The second kappa shape index (κ2) is 6.41. The molecule has 3 aromatic heterocycles. The fraction of sp³-hybridized carbons (Fsp3) is 0.333. The molecule has 0 aliphatic carbocycles. The molecule has 1 amide bonds. The first-order chi connectivity index (χ1) is 11.0. The molecule has 23 heavy (non-hydrogen) atoms. The summed E-state index contributed by atoms with van der Waals surface area (Å²) >= 11 is 1.28. The molecule has 0 aliphatic heterocycles. The van der Waals surface area contributed by atoms with E-state index in [1.165, 1.54) is 11.8 Å². The number of aryl methyl sites for hydroxylation is 2. The summed E-state index contributed by atoms with van der Waals surface area (Å²) in [4.78, 5) is 20.7. The molecule has 120 valence electrons. The van der Waals surface area contributed by atoms with E-state index in [2.05, 4.69) is 20.4 Å². The van der Waals surface area contributed by atoms with Crippen molar-refractivity contribution in [2.24, 2.45) is 0 Å². The van der Waals surface area contributed by atoms with Gasteiger partial charge >= 0.3 is 0 Å². The van der Waals surface area contributed by atoms with E-state index in [-0.39, 0.29) is 17.7 Å². The molecule has 0 spiro atoms. The molecule has 1 N–H and O–H groups in total. The Hall–Kier alpha value is -2.35. The topological polar surface area (TPSA) is 85.3 Å². The Morgan fingerprint density at radius 1 is 1.43 bits per heavy atom. The van der Waals surface area contributed by atoms with Gasteiger partial charge in [-0.05, 0) is 39.0 Å². The summed E-state index contributed by atoms with van der Waals surface area (Å²) in [6.07, 6.45) is 1.59. The third kappa shape index (κ3) is 3.53. The Bertz CT molecular complexity index is 828. The first-order valence-corrected chi connectivity index (χ1v) is 8.18. The van der Waals surface area contributed by atoms with E-state index in [1.54, 1.807) is 16.8 Å². The fourth-order valence-electron chi connectivity index (χ4n) is 2.23. The van der Waals surface area contributed by atoms with Crippen molar-refractivity contribution in [3.05, 3.63) is 41.6 Å². The summed E-state index contributed by atoms with van der Waals surface area (Å²) in [5.74, 6) is 1.41. The van der Waals surface area contributed by atoms with Crippen molar-refractivity contribution < 1.29 is 9.21 Å². The van der Waals surface area contributed by atoms with Crippen LogP contribution in [0.15, 0.2) is 34.0 Å². The van der Waals surface area contributed by atoms with Gasteiger partial charge in [-0.3, -0.25) is 4.79 Å². The van der Waals surface area contributed by atoms with Gasteiger partial charge in [0, 0.05) is 11.4 Å². The Kier molecular flexibility index (Phi) is 4.33. The highest BCUT2D eigenvalue weighted by atomic mass is 32.2. The molecule has 0 aromatic carbocycles. The highest BCUT2D eigenvalue weighted by molar-refractivity contribution is 7.99. The Balaban J connectivity index is 1.62. The smallest absolute Gasteiger partial charge is 0.253 e. The molecule has 1 unspecified atom stereocenters. The lowest BCUT2D eigenvalue weighted by atomic mass is 10.2. The van der Waals surface area contributed by atoms with Crippen LogP contribution in [-0.4, -0.2) is 31.2 Å². The zero-order valence-electron chi connectivity index (χ0n) is 13.1. The van der Waals surface area contributed by atoms with Crippen LogP contribution in [0.4, 0.5) is 0 Å². The number of carbonyl (C=O) groups is 1. The molecule has 0 fully saturated rings. The van der Waals surface area contributed by atoms with Crippen molar-refractivity contribution in [3.63, 3.8) is 0 Å². The maximum Gasteiger partial charge on any atom is 0.253 e. The number of aromatic nitrogens is 4. The zero-order valence-corrected chi connectivity index (χ0v) is 13.9.